The average Bonchev–Trinajstić information content (AvgIpc) is 2.77. The Morgan fingerprint density at radius 2 is 1.76 bits per heavy atom. The Balaban J connectivity index is 2.05. The highest BCUT2D eigenvalue weighted by atomic mass is 14.6. The van der Waals surface area contributed by atoms with Crippen molar-refractivity contribution in [3.8, 4) is 0 Å². The first-order chi connectivity index (χ1) is 7.89. The van der Waals surface area contributed by atoms with Crippen LogP contribution in [0.3, 0.4) is 0 Å². The van der Waals surface area contributed by atoms with Crippen LogP contribution in [0.2, 0.25) is 0 Å². The lowest BCUT2D eigenvalue weighted by atomic mass is 9.64. The van der Waals surface area contributed by atoms with Gasteiger partial charge in [0.15, 0.2) is 0 Å². The fourth-order valence-corrected chi connectivity index (χ4v) is 5.64. The van der Waals surface area contributed by atoms with Crippen molar-refractivity contribution < 1.29 is 0 Å². The lowest BCUT2D eigenvalue weighted by Crippen LogP contribution is -2.32. The molecule has 0 radical (unpaired) electrons. The predicted molar refractivity (Wildman–Crippen MR) is 73.8 cm³/mol. The second-order valence-corrected chi connectivity index (χ2v) is 7.76. The van der Waals surface area contributed by atoms with E-state index in [0.717, 1.165) is 17.8 Å². The summed E-state index contributed by atoms with van der Waals surface area (Å²) in [5, 5.41) is 0. The molecule has 0 saturated heterocycles. The minimum atomic E-state index is 0.519. The third-order valence-electron chi connectivity index (χ3n) is 7.00. The Labute approximate surface area is 107 Å². The van der Waals surface area contributed by atoms with Crippen LogP contribution in [-0.4, -0.2) is 0 Å². The average molecular weight is 232 g/mol. The Kier molecular flexibility index (Phi) is 2.36. The summed E-state index contributed by atoms with van der Waals surface area (Å²) in [6, 6.07) is 0. The first-order valence-corrected chi connectivity index (χ1v) is 7.61. The molecule has 0 amide bonds. The van der Waals surface area contributed by atoms with E-state index in [9.17, 15) is 0 Å². The predicted octanol–water partition coefficient (Wildman–Crippen LogP) is 5.20. The summed E-state index contributed by atoms with van der Waals surface area (Å²) in [4.78, 5) is 0. The maximum absolute atomic E-state index is 2.57. The quantitative estimate of drug-likeness (QED) is 0.545. The summed E-state index contributed by atoms with van der Waals surface area (Å²) >= 11 is 0. The summed E-state index contributed by atoms with van der Waals surface area (Å²) in [7, 11) is 0. The summed E-state index contributed by atoms with van der Waals surface area (Å²) in [6.07, 6.45) is 7.28. The van der Waals surface area contributed by atoms with E-state index in [2.05, 4.69) is 34.6 Å². The van der Waals surface area contributed by atoms with Crippen molar-refractivity contribution in [2.24, 2.45) is 28.6 Å². The van der Waals surface area contributed by atoms with E-state index in [1.165, 1.54) is 32.1 Å². The molecule has 0 aromatic carbocycles. The van der Waals surface area contributed by atoms with Crippen LogP contribution in [-0.2, 0) is 0 Å². The highest BCUT2D eigenvalue weighted by Crippen LogP contribution is 2.70. The van der Waals surface area contributed by atoms with Crippen LogP contribution in [0.4, 0.5) is 0 Å². The largest absolute Gasteiger partial charge is 0.0696 e. The van der Waals surface area contributed by atoms with E-state index in [4.69, 9.17) is 0 Å². The molecule has 2 bridgehead atoms. The van der Waals surface area contributed by atoms with Gasteiger partial charge in [-0.3, -0.25) is 0 Å². The van der Waals surface area contributed by atoms with E-state index in [1.807, 2.05) is 5.57 Å². The molecule has 0 aromatic heterocycles. The van der Waals surface area contributed by atoms with Crippen LogP contribution in [0.25, 0.3) is 0 Å². The monoisotopic (exact) mass is 232 g/mol. The fourth-order valence-electron chi connectivity index (χ4n) is 5.64. The van der Waals surface area contributed by atoms with Crippen LogP contribution in [0, 0.1) is 28.6 Å². The first kappa shape index (κ1) is 11.8. The zero-order valence-corrected chi connectivity index (χ0v) is 12.3. The number of allylic oxidation sites excluding steroid dienone is 2. The Hall–Kier alpha value is -0.260. The summed E-state index contributed by atoms with van der Waals surface area (Å²) in [6.45, 7) is 12.6. The maximum Gasteiger partial charge on any atom is -0.00538 e. The molecular weight excluding hydrogens is 204 g/mol. The molecular formula is C17H28. The molecule has 0 aromatic rings. The van der Waals surface area contributed by atoms with Crippen molar-refractivity contribution in [1.29, 1.82) is 0 Å². The molecule has 0 nitrogen and oxygen atoms in total. The van der Waals surface area contributed by atoms with Crippen LogP contribution < -0.4 is 0 Å². The van der Waals surface area contributed by atoms with E-state index in [-0.39, 0.29) is 0 Å². The lowest BCUT2D eigenvalue weighted by Gasteiger charge is -2.40. The molecule has 0 spiro atoms. The summed E-state index contributed by atoms with van der Waals surface area (Å²) in [5.74, 6) is 2.74. The third kappa shape index (κ3) is 1.25. The minimum absolute atomic E-state index is 0.519. The fraction of sp³-hybridized carbons (Fsp3) is 0.882. The molecule has 0 N–H and O–H groups in total. The molecule has 17 heavy (non-hydrogen) atoms. The van der Waals surface area contributed by atoms with Crippen molar-refractivity contribution in [2.75, 3.05) is 0 Å². The van der Waals surface area contributed by atoms with E-state index >= 15 is 0 Å². The van der Waals surface area contributed by atoms with Gasteiger partial charge in [-0.05, 0) is 54.8 Å². The lowest BCUT2D eigenvalue weighted by molar-refractivity contribution is 0.155. The van der Waals surface area contributed by atoms with Gasteiger partial charge in [-0.25, -0.2) is 0 Å². The molecule has 96 valence electrons. The van der Waals surface area contributed by atoms with Gasteiger partial charge in [0.2, 0.25) is 0 Å². The van der Waals surface area contributed by atoms with Crippen LogP contribution in [0.15, 0.2) is 11.1 Å². The zero-order valence-electron chi connectivity index (χ0n) is 12.3. The summed E-state index contributed by atoms with van der Waals surface area (Å²) in [5.41, 5.74) is 4.74. The zero-order chi connectivity index (χ0) is 12.4. The number of fused-ring (bicyclic) bond motifs is 2. The number of hydrogen-bond donors (Lipinski definition) is 0. The van der Waals surface area contributed by atoms with Crippen LogP contribution in [0.1, 0.15) is 66.7 Å². The van der Waals surface area contributed by atoms with Gasteiger partial charge < -0.3 is 0 Å². The van der Waals surface area contributed by atoms with Gasteiger partial charge in [-0.1, -0.05) is 51.7 Å². The molecule has 2 saturated carbocycles. The normalized spacial score (nSPS) is 48.2. The number of rotatable bonds is 1. The van der Waals surface area contributed by atoms with Gasteiger partial charge in [-0.15, -0.1) is 0 Å². The highest BCUT2D eigenvalue weighted by Gasteiger charge is 2.60. The molecule has 2 unspecified atom stereocenters. The molecule has 0 aliphatic heterocycles. The van der Waals surface area contributed by atoms with Gasteiger partial charge in [0.05, 0.1) is 0 Å². The van der Waals surface area contributed by atoms with Crippen LogP contribution in [0.5, 0.6) is 0 Å². The SMILES string of the molecule is CC1=C(C2CCCC2C)[C@]2(C)CC[C@@H]1C2(C)C. The van der Waals surface area contributed by atoms with Crippen LogP contribution >= 0.6 is 0 Å². The molecule has 3 aliphatic rings. The molecule has 3 aliphatic carbocycles. The van der Waals surface area contributed by atoms with Crippen molar-refractivity contribution in [2.45, 2.75) is 66.7 Å². The van der Waals surface area contributed by atoms with Crippen molar-refractivity contribution >= 4 is 0 Å². The first-order valence-electron chi connectivity index (χ1n) is 7.61. The number of hydrogen-bond acceptors (Lipinski definition) is 0. The van der Waals surface area contributed by atoms with Crippen molar-refractivity contribution in [3.05, 3.63) is 11.1 Å². The Morgan fingerprint density at radius 1 is 1.06 bits per heavy atom. The molecule has 0 heterocycles. The van der Waals surface area contributed by atoms with Gasteiger partial charge in [0.25, 0.3) is 0 Å². The van der Waals surface area contributed by atoms with E-state index in [0.29, 0.717) is 10.8 Å². The highest BCUT2D eigenvalue weighted by molar-refractivity contribution is 5.39. The summed E-state index contributed by atoms with van der Waals surface area (Å²) < 4.78 is 0. The minimum Gasteiger partial charge on any atom is -0.0696 e. The van der Waals surface area contributed by atoms with Gasteiger partial charge in [0.1, 0.15) is 0 Å². The topological polar surface area (TPSA) is 0 Å². The molecule has 3 rings (SSSR count). The third-order valence-corrected chi connectivity index (χ3v) is 7.00. The van der Waals surface area contributed by atoms with E-state index in [1.54, 1.807) is 5.57 Å². The van der Waals surface area contributed by atoms with Gasteiger partial charge in [0, 0.05) is 0 Å². The second-order valence-electron chi connectivity index (χ2n) is 7.76. The Morgan fingerprint density at radius 3 is 2.24 bits per heavy atom. The molecule has 2 fully saturated rings. The van der Waals surface area contributed by atoms with Crippen molar-refractivity contribution in [1.82, 2.24) is 0 Å². The molecule has 0 heteroatoms. The van der Waals surface area contributed by atoms with E-state index < -0.39 is 0 Å². The Bertz CT molecular complexity index is 373. The maximum atomic E-state index is 2.57. The molecule has 4 atom stereocenters. The smallest absolute Gasteiger partial charge is 0.00538 e. The second kappa shape index (κ2) is 3.39. The van der Waals surface area contributed by atoms with Crippen molar-refractivity contribution in [3.63, 3.8) is 0 Å². The standard InChI is InChI=1S/C17H28/c1-11-7-6-8-13(11)15-12(2)14-9-10-17(15,5)16(14,3)4/h11,13-14H,6-10H2,1-5H3/t11?,13?,14-,17-/m0/s1. The van der Waals surface area contributed by atoms with Gasteiger partial charge >= 0.3 is 0 Å². The van der Waals surface area contributed by atoms with Gasteiger partial charge in [-0.2, -0.15) is 0 Å².